The minimum atomic E-state index is 0.454. The van der Waals surface area contributed by atoms with Gasteiger partial charge in [0.15, 0.2) is 0 Å². The zero-order valence-corrected chi connectivity index (χ0v) is 5.97. The zero-order valence-electron chi connectivity index (χ0n) is 5.97. The highest BCUT2D eigenvalue weighted by Crippen LogP contribution is 2.18. The molecule has 0 aliphatic carbocycles. The molecule has 0 aromatic carbocycles. The summed E-state index contributed by atoms with van der Waals surface area (Å²) < 4.78 is 5.43. The molecule has 1 aliphatic heterocycles. The lowest BCUT2D eigenvalue weighted by Crippen LogP contribution is -2.24. The normalized spacial score (nSPS) is 30.7. The van der Waals surface area contributed by atoms with E-state index < -0.39 is 0 Å². The summed E-state index contributed by atoms with van der Waals surface area (Å²) in [6.07, 6.45) is 2.88. The minimum absolute atomic E-state index is 0.454. The Morgan fingerprint density at radius 2 is 2.56 bits per heavy atom. The first kappa shape index (κ1) is 7.03. The third-order valence-corrected chi connectivity index (χ3v) is 1.97. The summed E-state index contributed by atoms with van der Waals surface area (Å²) in [5.74, 6) is 0.549. The highest BCUT2D eigenvalue weighted by molar-refractivity contribution is 4.71. The summed E-state index contributed by atoms with van der Waals surface area (Å²) in [6.45, 7) is 3.84. The topological polar surface area (TPSA) is 35.2 Å². The van der Waals surface area contributed by atoms with Gasteiger partial charge in [-0.3, -0.25) is 0 Å². The summed E-state index contributed by atoms with van der Waals surface area (Å²) in [6, 6.07) is 0. The second-order valence-electron chi connectivity index (χ2n) is 2.76. The third-order valence-electron chi connectivity index (χ3n) is 1.97. The van der Waals surface area contributed by atoms with Gasteiger partial charge in [0.1, 0.15) is 0 Å². The average molecular weight is 129 g/mol. The van der Waals surface area contributed by atoms with Gasteiger partial charge in [-0.15, -0.1) is 0 Å². The Labute approximate surface area is 56.4 Å². The molecule has 2 nitrogen and oxygen atoms in total. The predicted molar refractivity (Wildman–Crippen MR) is 37.2 cm³/mol. The monoisotopic (exact) mass is 129 g/mol. The first-order chi connectivity index (χ1) is 4.34. The van der Waals surface area contributed by atoms with Crippen molar-refractivity contribution < 1.29 is 4.74 Å². The van der Waals surface area contributed by atoms with Gasteiger partial charge in [-0.05, 0) is 25.3 Å². The van der Waals surface area contributed by atoms with Crippen LogP contribution in [0.2, 0.25) is 0 Å². The van der Waals surface area contributed by atoms with Crippen molar-refractivity contribution >= 4 is 0 Å². The summed E-state index contributed by atoms with van der Waals surface area (Å²) >= 11 is 0. The minimum Gasteiger partial charge on any atom is -0.378 e. The van der Waals surface area contributed by atoms with Crippen molar-refractivity contribution in [2.75, 3.05) is 13.2 Å². The van der Waals surface area contributed by atoms with Gasteiger partial charge in [0.05, 0.1) is 6.10 Å². The Balaban J connectivity index is 2.24. The van der Waals surface area contributed by atoms with E-state index in [-0.39, 0.29) is 0 Å². The van der Waals surface area contributed by atoms with Gasteiger partial charge in [-0.2, -0.15) is 0 Å². The number of nitrogens with two attached hydrogens (primary N) is 1. The first-order valence-corrected chi connectivity index (χ1v) is 3.66. The standard InChI is InChI=1S/C7H15NO/c1-6(5-8)7-3-2-4-9-7/h6-7H,2-5,8H2,1H3/t6-,7?/m0/s1. The summed E-state index contributed by atoms with van der Waals surface area (Å²) in [5, 5.41) is 0. The second-order valence-corrected chi connectivity index (χ2v) is 2.76. The molecule has 0 amide bonds. The van der Waals surface area contributed by atoms with Crippen LogP contribution in [0.25, 0.3) is 0 Å². The van der Waals surface area contributed by atoms with E-state index in [4.69, 9.17) is 10.5 Å². The van der Waals surface area contributed by atoms with E-state index in [2.05, 4.69) is 6.92 Å². The molecule has 1 unspecified atom stereocenters. The van der Waals surface area contributed by atoms with Crippen molar-refractivity contribution in [1.29, 1.82) is 0 Å². The van der Waals surface area contributed by atoms with Crippen LogP contribution in [0.4, 0.5) is 0 Å². The van der Waals surface area contributed by atoms with Crippen molar-refractivity contribution in [2.24, 2.45) is 11.7 Å². The smallest absolute Gasteiger partial charge is 0.0613 e. The van der Waals surface area contributed by atoms with Crippen LogP contribution in [-0.2, 0) is 4.74 Å². The van der Waals surface area contributed by atoms with Gasteiger partial charge >= 0.3 is 0 Å². The molecule has 2 heteroatoms. The summed E-state index contributed by atoms with van der Waals surface area (Å²) in [7, 11) is 0. The van der Waals surface area contributed by atoms with Crippen molar-refractivity contribution in [3.8, 4) is 0 Å². The predicted octanol–water partition coefficient (Wildman–Crippen LogP) is 0.760. The molecular formula is C7H15NO. The lowest BCUT2D eigenvalue weighted by Gasteiger charge is -2.15. The third kappa shape index (κ3) is 1.66. The maximum Gasteiger partial charge on any atom is 0.0613 e. The Bertz CT molecular complexity index is 79.0. The van der Waals surface area contributed by atoms with Crippen LogP contribution in [0, 0.1) is 5.92 Å². The molecule has 1 aliphatic rings. The van der Waals surface area contributed by atoms with Crippen LogP contribution < -0.4 is 5.73 Å². The molecule has 2 N–H and O–H groups in total. The highest BCUT2D eigenvalue weighted by Gasteiger charge is 2.20. The molecule has 1 rings (SSSR count). The van der Waals surface area contributed by atoms with E-state index in [9.17, 15) is 0 Å². The van der Waals surface area contributed by atoms with Crippen LogP contribution in [0.1, 0.15) is 19.8 Å². The van der Waals surface area contributed by atoms with Crippen LogP contribution in [-0.4, -0.2) is 19.3 Å². The van der Waals surface area contributed by atoms with E-state index in [0.29, 0.717) is 12.0 Å². The van der Waals surface area contributed by atoms with Crippen LogP contribution >= 0.6 is 0 Å². The summed E-state index contributed by atoms with van der Waals surface area (Å²) in [5.41, 5.74) is 5.47. The largest absolute Gasteiger partial charge is 0.378 e. The first-order valence-electron chi connectivity index (χ1n) is 3.66. The van der Waals surface area contributed by atoms with Crippen molar-refractivity contribution in [3.05, 3.63) is 0 Å². The van der Waals surface area contributed by atoms with E-state index in [1.54, 1.807) is 0 Å². The average Bonchev–Trinajstić information content (AvgIpc) is 2.37. The lowest BCUT2D eigenvalue weighted by molar-refractivity contribution is 0.0724. The van der Waals surface area contributed by atoms with Gasteiger partial charge in [-0.1, -0.05) is 6.92 Å². The van der Waals surface area contributed by atoms with Crippen molar-refractivity contribution in [3.63, 3.8) is 0 Å². The van der Waals surface area contributed by atoms with E-state index in [0.717, 1.165) is 13.2 Å². The Morgan fingerprint density at radius 1 is 1.78 bits per heavy atom. The van der Waals surface area contributed by atoms with Crippen LogP contribution in [0.5, 0.6) is 0 Å². The molecule has 0 bridgehead atoms. The second kappa shape index (κ2) is 3.18. The van der Waals surface area contributed by atoms with Gasteiger partial charge in [0, 0.05) is 6.61 Å². The van der Waals surface area contributed by atoms with Crippen molar-refractivity contribution in [1.82, 2.24) is 0 Å². The molecule has 1 fully saturated rings. The molecule has 0 aromatic rings. The van der Waals surface area contributed by atoms with Gasteiger partial charge in [0.2, 0.25) is 0 Å². The number of ether oxygens (including phenoxy) is 1. The molecule has 1 heterocycles. The van der Waals surface area contributed by atoms with E-state index in [1.807, 2.05) is 0 Å². The molecule has 9 heavy (non-hydrogen) atoms. The van der Waals surface area contributed by atoms with Crippen LogP contribution in [0.3, 0.4) is 0 Å². The SMILES string of the molecule is C[C@@H](CN)C1CCCO1. The fourth-order valence-electron chi connectivity index (χ4n) is 1.20. The Kier molecular flexibility index (Phi) is 2.49. The molecular weight excluding hydrogens is 114 g/mol. The molecule has 1 saturated heterocycles. The van der Waals surface area contributed by atoms with E-state index in [1.165, 1.54) is 12.8 Å². The van der Waals surface area contributed by atoms with E-state index >= 15 is 0 Å². The maximum atomic E-state index is 5.47. The summed E-state index contributed by atoms with van der Waals surface area (Å²) in [4.78, 5) is 0. The molecule has 0 saturated carbocycles. The fourth-order valence-corrected chi connectivity index (χ4v) is 1.20. The zero-order chi connectivity index (χ0) is 6.69. The Hall–Kier alpha value is -0.0800. The Morgan fingerprint density at radius 3 is 3.00 bits per heavy atom. The molecule has 0 aromatic heterocycles. The maximum absolute atomic E-state index is 5.47. The number of hydrogen-bond donors (Lipinski definition) is 1. The molecule has 2 atom stereocenters. The van der Waals surface area contributed by atoms with Gasteiger partial charge in [-0.25, -0.2) is 0 Å². The molecule has 0 spiro atoms. The van der Waals surface area contributed by atoms with Crippen molar-refractivity contribution in [2.45, 2.75) is 25.9 Å². The lowest BCUT2D eigenvalue weighted by atomic mass is 10.0. The number of hydrogen-bond acceptors (Lipinski definition) is 2. The molecule has 54 valence electrons. The van der Waals surface area contributed by atoms with Gasteiger partial charge in [0.25, 0.3) is 0 Å². The van der Waals surface area contributed by atoms with Crippen LogP contribution in [0.15, 0.2) is 0 Å². The highest BCUT2D eigenvalue weighted by atomic mass is 16.5. The quantitative estimate of drug-likeness (QED) is 0.597. The number of rotatable bonds is 2. The fraction of sp³-hybridized carbons (Fsp3) is 1.00. The molecule has 0 radical (unpaired) electrons. The van der Waals surface area contributed by atoms with Gasteiger partial charge < -0.3 is 10.5 Å².